The molecule has 1 atom stereocenters. The topological polar surface area (TPSA) is 66.5 Å². The molecule has 0 aliphatic carbocycles. The van der Waals surface area contributed by atoms with E-state index in [1.54, 1.807) is 6.92 Å². The third-order valence-electron chi connectivity index (χ3n) is 0.949. The van der Waals surface area contributed by atoms with E-state index in [2.05, 4.69) is 6.58 Å². The number of hydrogen-bond acceptors (Lipinski definition) is 3. The summed E-state index contributed by atoms with van der Waals surface area (Å²) in [6.45, 7) is 5.03. The normalized spacial score (nSPS) is 15.1. The van der Waals surface area contributed by atoms with Crippen molar-refractivity contribution >= 4 is 8.56 Å². The second kappa shape index (κ2) is 3.12. The van der Waals surface area contributed by atoms with Crippen molar-refractivity contribution in [2.45, 2.75) is 19.0 Å². The number of rotatable bonds is 3. The van der Waals surface area contributed by atoms with Gasteiger partial charge < -0.3 is 15.3 Å². The van der Waals surface area contributed by atoms with E-state index in [1.807, 2.05) is 0 Å². The van der Waals surface area contributed by atoms with E-state index in [4.69, 9.17) is 15.3 Å². The van der Waals surface area contributed by atoms with Gasteiger partial charge in [0.25, 0.3) is 0 Å². The molecule has 0 aromatic rings. The summed E-state index contributed by atoms with van der Waals surface area (Å²) in [6.07, 6.45) is 0. The fourth-order valence-electron chi connectivity index (χ4n) is 0.557. The van der Waals surface area contributed by atoms with Crippen LogP contribution in [0.4, 0.5) is 0 Å². The quantitative estimate of drug-likeness (QED) is 0.471. The van der Waals surface area contributed by atoms with Crippen molar-refractivity contribution in [3.05, 3.63) is 12.3 Å². The monoisotopic (exact) mass is 147 g/mol. The highest BCUT2D eigenvalue weighted by Gasteiger charge is 2.25. The molecule has 4 heteroatoms. The van der Waals surface area contributed by atoms with Crippen molar-refractivity contribution in [3.63, 3.8) is 0 Å². The lowest BCUT2D eigenvalue weighted by atomic mass is 10.4. The zero-order valence-electron chi connectivity index (χ0n) is 5.54. The van der Waals surface area contributed by atoms with Crippen LogP contribution in [0, 0.1) is 0 Å². The van der Waals surface area contributed by atoms with E-state index >= 15 is 0 Å². The molecule has 0 aliphatic heterocycles. The highest BCUT2D eigenvalue weighted by molar-refractivity contribution is 6.70. The average Bonchev–Trinajstić information content (AvgIpc) is 1.63. The molecule has 9 heavy (non-hydrogen) atoms. The maximum absolute atomic E-state index is 8.99. The Morgan fingerprint density at radius 1 is 1.78 bits per heavy atom. The van der Waals surface area contributed by atoms with E-state index < -0.39 is 8.56 Å². The lowest BCUT2D eigenvalue weighted by Gasteiger charge is -2.14. The van der Waals surface area contributed by atoms with Crippen LogP contribution in [0.3, 0.4) is 0 Å². The van der Waals surface area contributed by atoms with Crippen LogP contribution in [0.1, 0.15) is 6.92 Å². The molecule has 0 saturated carbocycles. The molecule has 4 N–H and O–H groups in total. The summed E-state index contributed by atoms with van der Waals surface area (Å²) >= 11 is 0. The summed E-state index contributed by atoms with van der Waals surface area (Å²) in [7, 11) is -3.10. The molecular weight excluding hydrogens is 134 g/mol. The minimum absolute atomic E-state index is 0.162. The van der Waals surface area contributed by atoms with Gasteiger partial charge in [0.15, 0.2) is 0 Å². The Kier molecular flexibility index (Phi) is 3.06. The minimum atomic E-state index is -3.10. The van der Waals surface area contributed by atoms with Gasteiger partial charge in [0.05, 0.1) is 0 Å². The molecule has 0 bridgehead atoms. The lowest BCUT2D eigenvalue weighted by molar-refractivity contribution is 0.373. The van der Waals surface area contributed by atoms with Gasteiger partial charge in [-0.1, -0.05) is 6.92 Å². The highest BCUT2D eigenvalue weighted by atomic mass is 28.4. The van der Waals surface area contributed by atoms with Crippen LogP contribution in [-0.2, 0) is 0 Å². The first-order valence-corrected chi connectivity index (χ1v) is 5.00. The Hall–Kier alpha value is -0.163. The Morgan fingerprint density at radius 3 is 2.33 bits per heavy atom. The molecule has 0 fully saturated rings. The summed E-state index contributed by atoms with van der Waals surface area (Å²) in [5.74, 6) is 0. The van der Waals surface area contributed by atoms with Gasteiger partial charge in [0, 0.05) is 12.1 Å². The lowest BCUT2D eigenvalue weighted by Crippen LogP contribution is -2.38. The SMILES string of the molecule is C=C[Si](O)(O)CC(C)N. The molecule has 54 valence electrons. The molecule has 0 aromatic carbocycles. The molecule has 1 unspecified atom stereocenters. The molecule has 0 radical (unpaired) electrons. The molecule has 0 amide bonds. The Balaban J connectivity index is 3.71. The van der Waals surface area contributed by atoms with Gasteiger partial charge in [-0.25, -0.2) is 0 Å². The van der Waals surface area contributed by atoms with Crippen molar-refractivity contribution in [1.82, 2.24) is 0 Å². The van der Waals surface area contributed by atoms with Crippen LogP contribution in [0.25, 0.3) is 0 Å². The minimum Gasteiger partial charge on any atom is -0.408 e. The first-order chi connectivity index (χ1) is 3.98. The molecule has 0 rings (SSSR count). The second-order valence-corrected chi connectivity index (χ2v) is 4.84. The van der Waals surface area contributed by atoms with E-state index in [0.717, 1.165) is 0 Å². The second-order valence-electron chi connectivity index (χ2n) is 2.26. The van der Waals surface area contributed by atoms with E-state index in [0.29, 0.717) is 0 Å². The van der Waals surface area contributed by atoms with Crippen molar-refractivity contribution in [1.29, 1.82) is 0 Å². The summed E-state index contributed by atoms with van der Waals surface area (Å²) in [5, 5.41) is 0. The summed E-state index contributed by atoms with van der Waals surface area (Å²) in [4.78, 5) is 18.0. The zero-order chi connectivity index (χ0) is 7.49. The third kappa shape index (κ3) is 4.35. The molecule has 0 spiro atoms. The first-order valence-electron chi connectivity index (χ1n) is 2.82. The van der Waals surface area contributed by atoms with Crippen LogP contribution in [0.15, 0.2) is 12.3 Å². The van der Waals surface area contributed by atoms with Crippen molar-refractivity contribution in [2.75, 3.05) is 0 Å². The summed E-state index contributed by atoms with van der Waals surface area (Å²) in [5.41, 5.74) is 6.53. The third-order valence-corrected chi connectivity index (χ3v) is 2.85. The van der Waals surface area contributed by atoms with Crippen LogP contribution >= 0.6 is 0 Å². The van der Waals surface area contributed by atoms with Crippen molar-refractivity contribution in [2.24, 2.45) is 5.73 Å². The summed E-state index contributed by atoms with van der Waals surface area (Å²) < 4.78 is 0. The van der Waals surface area contributed by atoms with Crippen molar-refractivity contribution in [3.8, 4) is 0 Å². The van der Waals surface area contributed by atoms with E-state index in [9.17, 15) is 0 Å². The van der Waals surface area contributed by atoms with Gasteiger partial charge in [-0.3, -0.25) is 0 Å². The standard InChI is InChI=1S/C5H13NO2Si/c1-3-9(7,8)4-5(2)6/h3,5,7-8H,1,4,6H2,2H3. The molecule has 0 saturated heterocycles. The predicted octanol–water partition coefficient (Wildman–Crippen LogP) is -0.514. The maximum Gasteiger partial charge on any atom is 0.360 e. The zero-order valence-corrected chi connectivity index (χ0v) is 6.54. The van der Waals surface area contributed by atoms with Gasteiger partial charge in [0.1, 0.15) is 0 Å². The molecule has 0 aliphatic rings. The molecule has 0 aromatic heterocycles. The highest BCUT2D eigenvalue weighted by Crippen LogP contribution is 2.03. The van der Waals surface area contributed by atoms with Crippen LogP contribution in [0.2, 0.25) is 6.04 Å². The molecular formula is C5H13NO2Si. The average molecular weight is 147 g/mol. The molecule has 0 heterocycles. The fraction of sp³-hybridized carbons (Fsp3) is 0.600. The number of nitrogens with two attached hydrogens (primary N) is 1. The van der Waals surface area contributed by atoms with Crippen LogP contribution in [-0.4, -0.2) is 24.2 Å². The van der Waals surface area contributed by atoms with E-state index in [-0.39, 0.29) is 12.1 Å². The van der Waals surface area contributed by atoms with Crippen molar-refractivity contribution < 1.29 is 9.59 Å². The van der Waals surface area contributed by atoms with Gasteiger partial charge in [-0.05, 0) is 5.70 Å². The van der Waals surface area contributed by atoms with Crippen LogP contribution in [0.5, 0.6) is 0 Å². The summed E-state index contributed by atoms with van der Waals surface area (Å²) in [6, 6.07) is 0.0981. The van der Waals surface area contributed by atoms with Gasteiger partial charge in [0.2, 0.25) is 0 Å². The Labute approximate surface area is 56.1 Å². The van der Waals surface area contributed by atoms with Crippen LogP contribution < -0.4 is 5.73 Å². The van der Waals surface area contributed by atoms with Gasteiger partial charge >= 0.3 is 8.56 Å². The largest absolute Gasteiger partial charge is 0.408 e. The smallest absolute Gasteiger partial charge is 0.360 e. The maximum atomic E-state index is 8.99. The van der Waals surface area contributed by atoms with Gasteiger partial charge in [-0.2, -0.15) is 0 Å². The Bertz CT molecular complexity index is 103. The Morgan fingerprint density at radius 2 is 2.22 bits per heavy atom. The molecule has 3 nitrogen and oxygen atoms in total. The number of hydrogen-bond donors (Lipinski definition) is 3. The first kappa shape index (κ1) is 8.84. The fourth-order valence-corrected chi connectivity index (χ4v) is 1.67. The van der Waals surface area contributed by atoms with Gasteiger partial charge in [-0.15, -0.1) is 6.58 Å². The van der Waals surface area contributed by atoms with E-state index in [1.165, 1.54) is 5.70 Å². The predicted molar refractivity (Wildman–Crippen MR) is 38.8 cm³/mol.